The van der Waals surface area contributed by atoms with Crippen LogP contribution >= 0.6 is 12.4 Å². The van der Waals surface area contributed by atoms with E-state index in [2.05, 4.69) is 5.32 Å². The Balaban J connectivity index is 0.00000288. The molecule has 1 aromatic rings. The summed E-state index contributed by atoms with van der Waals surface area (Å²) >= 11 is 0. The van der Waals surface area contributed by atoms with Crippen LogP contribution in [0.1, 0.15) is 18.4 Å². The number of carbonyl (C=O) groups excluding carboxylic acids is 1. The minimum absolute atomic E-state index is 0. The first-order chi connectivity index (χ1) is 10.7. The monoisotopic (exact) mass is 368 g/mol. The fourth-order valence-electron chi connectivity index (χ4n) is 2.27. The fourth-order valence-corrected chi connectivity index (χ4v) is 2.27. The van der Waals surface area contributed by atoms with Crippen molar-refractivity contribution >= 4 is 24.0 Å². The molecule has 0 atom stereocenters. The van der Waals surface area contributed by atoms with Gasteiger partial charge in [0.2, 0.25) is 5.91 Å². The highest BCUT2D eigenvalue weighted by atomic mass is 35.5. The predicted molar refractivity (Wildman–Crippen MR) is 85.6 cm³/mol. The lowest BCUT2D eigenvalue weighted by molar-refractivity contribution is -0.153. The minimum Gasteiger partial charge on any atom is -0.484 e. The van der Waals surface area contributed by atoms with Crippen molar-refractivity contribution < 1.29 is 27.4 Å². The van der Waals surface area contributed by atoms with E-state index in [1.54, 1.807) is 13.0 Å². The van der Waals surface area contributed by atoms with E-state index in [4.69, 9.17) is 15.2 Å². The Morgan fingerprint density at radius 1 is 1.38 bits per heavy atom. The molecule has 1 heterocycles. The van der Waals surface area contributed by atoms with E-state index >= 15 is 0 Å². The van der Waals surface area contributed by atoms with Gasteiger partial charge >= 0.3 is 6.18 Å². The Kier molecular flexibility index (Phi) is 6.88. The largest absolute Gasteiger partial charge is 0.484 e. The third kappa shape index (κ3) is 5.54. The van der Waals surface area contributed by atoms with Gasteiger partial charge in [0.05, 0.1) is 0 Å². The Bertz CT molecular complexity index is 576. The number of hydrogen-bond acceptors (Lipinski definition) is 4. The van der Waals surface area contributed by atoms with Crippen molar-refractivity contribution in [2.24, 2.45) is 5.73 Å². The first kappa shape index (κ1) is 20.5. The van der Waals surface area contributed by atoms with Crippen LogP contribution in [0.25, 0.3) is 0 Å². The number of anilines is 1. The molecule has 9 heteroatoms. The first-order valence-electron chi connectivity index (χ1n) is 7.18. The van der Waals surface area contributed by atoms with Gasteiger partial charge in [0, 0.05) is 18.9 Å². The number of aryl methyl sites for hydroxylation is 1. The zero-order valence-corrected chi connectivity index (χ0v) is 13.9. The van der Waals surface area contributed by atoms with Crippen LogP contribution in [0.2, 0.25) is 0 Å². The number of alkyl halides is 3. The number of amides is 1. The number of ether oxygens (including phenoxy) is 2. The summed E-state index contributed by atoms with van der Waals surface area (Å²) in [7, 11) is 0. The average molecular weight is 369 g/mol. The highest BCUT2D eigenvalue weighted by Gasteiger charge is 2.36. The fraction of sp³-hybridized carbons (Fsp3) is 0.533. The second-order valence-electron chi connectivity index (χ2n) is 5.61. The number of nitrogens with two attached hydrogens (primary N) is 1. The molecule has 0 spiro atoms. The summed E-state index contributed by atoms with van der Waals surface area (Å²) in [5, 5.41) is 2.70. The summed E-state index contributed by atoms with van der Waals surface area (Å²) in [4.78, 5) is 12.3. The molecule has 24 heavy (non-hydrogen) atoms. The second-order valence-corrected chi connectivity index (χ2v) is 5.61. The van der Waals surface area contributed by atoms with Crippen molar-refractivity contribution in [1.82, 2.24) is 0 Å². The van der Waals surface area contributed by atoms with Crippen molar-refractivity contribution in [1.29, 1.82) is 0 Å². The zero-order valence-electron chi connectivity index (χ0n) is 13.1. The van der Waals surface area contributed by atoms with E-state index < -0.39 is 18.3 Å². The maximum Gasteiger partial charge on any atom is 0.422 e. The normalized spacial score (nSPS) is 16.9. The smallest absolute Gasteiger partial charge is 0.422 e. The van der Waals surface area contributed by atoms with Gasteiger partial charge in [0.25, 0.3) is 0 Å². The highest BCUT2D eigenvalue weighted by Crippen LogP contribution is 2.26. The van der Waals surface area contributed by atoms with E-state index in [1.807, 2.05) is 0 Å². The summed E-state index contributed by atoms with van der Waals surface area (Å²) in [5.41, 5.74) is 6.04. The van der Waals surface area contributed by atoms with E-state index in [9.17, 15) is 18.0 Å². The van der Waals surface area contributed by atoms with Gasteiger partial charge in [0.1, 0.15) is 11.3 Å². The van der Waals surface area contributed by atoms with Crippen LogP contribution in [-0.4, -0.2) is 37.4 Å². The maximum atomic E-state index is 12.3. The zero-order chi connectivity index (χ0) is 17.1. The van der Waals surface area contributed by atoms with Gasteiger partial charge in [-0.2, -0.15) is 13.2 Å². The molecule has 1 aliphatic heterocycles. The molecule has 136 valence electrons. The molecule has 0 saturated carbocycles. The lowest BCUT2D eigenvalue weighted by atomic mass is 9.90. The highest BCUT2D eigenvalue weighted by molar-refractivity contribution is 5.98. The Labute approximate surface area is 144 Å². The molecule has 0 bridgehead atoms. The van der Waals surface area contributed by atoms with Crippen molar-refractivity contribution in [2.45, 2.75) is 31.5 Å². The number of carbonyl (C=O) groups is 1. The molecule has 2 rings (SSSR count). The van der Waals surface area contributed by atoms with Crippen LogP contribution in [-0.2, 0) is 9.53 Å². The molecular weight excluding hydrogens is 349 g/mol. The van der Waals surface area contributed by atoms with Crippen LogP contribution in [0.4, 0.5) is 18.9 Å². The molecule has 5 nitrogen and oxygen atoms in total. The molecule has 3 N–H and O–H groups in total. The van der Waals surface area contributed by atoms with Gasteiger partial charge in [-0.05, 0) is 43.5 Å². The number of benzene rings is 1. The Morgan fingerprint density at radius 2 is 2.00 bits per heavy atom. The van der Waals surface area contributed by atoms with Gasteiger partial charge in [-0.15, -0.1) is 12.4 Å². The summed E-state index contributed by atoms with van der Waals surface area (Å²) < 4.78 is 46.4. The van der Waals surface area contributed by atoms with Crippen LogP contribution < -0.4 is 15.8 Å². The van der Waals surface area contributed by atoms with E-state index in [-0.39, 0.29) is 24.1 Å². The van der Waals surface area contributed by atoms with E-state index in [0.717, 1.165) is 0 Å². The predicted octanol–water partition coefficient (Wildman–Crippen LogP) is 2.80. The van der Waals surface area contributed by atoms with Gasteiger partial charge in [-0.3, -0.25) is 4.79 Å². The standard InChI is InChI=1S/C15H19F3N2O3.ClH/c1-10-8-11(2-3-12(10)23-9-15(16,17)18)20-13(21)14(19)4-6-22-7-5-14;/h2-3,8H,4-7,9,19H2,1H3,(H,20,21);1H. The summed E-state index contributed by atoms with van der Waals surface area (Å²) in [6.07, 6.45) is -3.55. The number of halogens is 4. The molecule has 0 radical (unpaired) electrons. The summed E-state index contributed by atoms with van der Waals surface area (Å²) in [6.45, 7) is 1.10. The lowest BCUT2D eigenvalue weighted by Gasteiger charge is -2.31. The van der Waals surface area contributed by atoms with Crippen LogP contribution in [0, 0.1) is 6.92 Å². The summed E-state index contributed by atoms with van der Waals surface area (Å²) in [6, 6.07) is 4.43. The minimum atomic E-state index is -4.39. The van der Waals surface area contributed by atoms with Crippen molar-refractivity contribution in [3.63, 3.8) is 0 Å². The van der Waals surface area contributed by atoms with Crippen LogP contribution in [0.3, 0.4) is 0 Å². The second kappa shape index (κ2) is 8.04. The van der Waals surface area contributed by atoms with Gasteiger partial charge in [-0.25, -0.2) is 0 Å². The number of hydrogen-bond donors (Lipinski definition) is 2. The van der Waals surface area contributed by atoms with Crippen molar-refractivity contribution in [3.05, 3.63) is 23.8 Å². The average Bonchev–Trinajstić information content (AvgIpc) is 2.46. The topological polar surface area (TPSA) is 73.6 Å². The van der Waals surface area contributed by atoms with Crippen LogP contribution in [0.5, 0.6) is 5.75 Å². The summed E-state index contributed by atoms with van der Waals surface area (Å²) in [5.74, 6) is -0.210. The van der Waals surface area contributed by atoms with E-state index in [1.165, 1.54) is 12.1 Å². The van der Waals surface area contributed by atoms with Crippen LogP contribution in [0.15, 0.2) is 18.2 Å². The third-order valence-corrected chi connectivity index (χ3v) is 3.66. The maximum absolute atomic E-state index is 12.3. The third-order valence-electron chi connectivity index (χ3n) is 3.66. The number of rotatable bonds is 4. The molecule has 0 aromatic heterocycles. The molecular formula is C15H20ClF3N2O3. The lowest BCUT2D eigenvalue weighted by Crippen LogP contribution is -2.54. The molecule has 0 unspecified atom stereocenters. The van der Waals surface area contributed by atoms with Gasteiger partial charge < -0.3 is 20.5 Å². The van der Waals surface area contributed by atoms with Gasteiger partial charge in [0.15, 0.2) is 6.61 Å². The Morgan fingerprint density at radius 3 is 2.54 bits per heavy atom. The van der Waals surface area contributed by atoms with Gasteiger partial charge in [-0.1, -0.05) is 0 Å². The molecule has 1 aromatic carbocycles. The van der Waals surface area contributed by atoms with E-state index in [0.29, 0.717) is 37.3 Å². The first-order valence-corrected chi connectivity index (χ1v) is 7.18. The molecule has 0 aliphatic carbocycles. The number of nitrogens with one attached hydrogen (secondary N) is 1. The van der Waals surface area contributed by atoms with Crippen molar-refractivity contribution in [2.75, 3.05) is 25.1 Å². The molecule has 1 amide bonds. The van der Waals surface area contributed by atoms with Crippen molar-refractivity contribution in [3.8, 4) is 5.75 Å². The molecule has 1 aliphatic rings. The Hall–Kier alpha value is -1.51. The molecule has 1 fully saturated rings. The molecule has 1 saturated heterocycles. The SMILES string of the molecule is Cc1cc(NC(=O)C2(N)CCOCC2)ccc1OCC(F)(F)F.Cl. The quantitative estimate of drug-likeness (QED) is 0.857.